The minimum Gasteiger partial charge on any atom is -0.409 e. The fourth-order valence-corrected chi connectivity index (χ4v) is 1.21. The summed E-state index contributed by atoms with van der Waals surface area (Å²) in [7, 11) is 0. The average Bonchev–Trinajstić information content (AvgIpc) is 2.29. The molecule has 0 aromatic heterocycles. The lowest BCUT2D eigenvalue weighted by Gasteiger charge is -2.04. The Morgan fingerprint density at radius 3 is 3.00 bits per heavy atom. The Bertz CT molecular complexity index is 337. The van der Waals surface area contributed by atoms with E-state index in [0.717, 1.165) is 18.6 Å². The molecule has 82 valence electrons. The molecular weight excluding hydrogens is 192 g/mol. The Morgan fingerprint density at radius 2 is 2.33 bits per heavy atom. The standard InChI is InChI=1S/C11H16N2O2/c1-2-6-15-8-9-4-3-5-10(7-9)11(12)13-14/h3-5,7,14H,2,6,8H2,1H3,(H2,12,13). The SMILES string of the molecule is CCCOCc1cccc(/C(N)=N/O)c1. The van der Waals surface area contributed by atoms with Gasteiger partial charge >= 0.3 is 0 Å². The third-order valence-electron chi connectivity index (χ3n) is 1.95. The molecule has 0 spiro atoms. The van der Waals surface area contributed by atoms with Crippen LogP contribution in [0, 0.1) is 0 Å². The van der Waals surface area contributed by atoms with Crippen LogP contribution in [-0.2, 0) is 11.3 Å². The van der Waals surface area contributed by atoms with Crippen LogP contribution in [0.5, 0.6) is 0 Å². The summed E-state index contributed by atoms with van der Waals surface area (Å²) < 4.78 is 5.39. The van der Waals surface area contributed by atoms with Gasteiger partial charge in [0.2, 0.25) is 0 Å². The first-order valence-electron chi connectivity index (χ1n) is 4.92. The van der Waals surface area contributed by atoms with Crippen LogP contribution in [0.3, 0.4) is 0 Å². The average molecular weight is 208 g/mol. The summed E-state index contributed by atoms with van der Waals surface area (Å²) >= 11 is 0. The van der Waals surface area contributed by atoms with Gasteiger partial charge in [-0.2, -0.15) is 0 Å². The van der Waals surface area contributed by atoms with E-state index in [0.29, 0.717) is 12.2 Å². The maximum absolute atomic E-state index is 8.52. The first-order chi connectivity index (χ1) is 7.27. The smallest absolute Gasteiger partial charge is 0.170 e. The van der Waals surface area contributed by atoms with E-state index in [2.05, 4.69) is 12.1 Å². The molecule has 0 saturated carbocycles. The number of amidine groups is 1. The summed E-state index contributed by atoms with van der Waals surface area (Å²) in [6, 6.07) is 7.45. The number of nitrogens with two attached hydrogens (primary N) is 1. The number of hydrogen-bond donors (Lipinski definition) is 2. The highest BCUT2D eigenvalue weighted by Gasteiger charge is 2.00. The summed E-state index contributed by atoms with van der Waals surface area (Å²) in [6.07, 6.45) is 1.000. The minimum atomic E-state index is 0.118. The zero-order valence-electron chi connectivity index (χ0n) is 8.81. The van der Waals surface area contributed by atoms with Gasteiger partial charge in [0, 0.05) is 12.2 Å². The molecule has 1 aromatic carbocycles. The van der Waals surface area contributed by atoms with Crippen LogP contribution < -0.4 is 5.73 Å². The molecule has 0 atom stereocenters. The normalized spacial score (nSPS) is 11.7. The Kier molecular flexibility index (Phi) is 4.63. The van der Waals surface area contributed by atoms with Gasteiger partial charge in [0.25, 0.3) is 0 Å². The molecule has 3 N–H and O–H groups in total. The van der Waals surface area contributed by atoms with Crippen molar-refractivity contribution < 1.29 is 9.94 Å². The van der Waals surface area contributed by atoms with E-state index in [-0.39, 0.29) is 5.84 Å². The maximum Gasteiger partial charge on any atom is 0.170 e. The number of nitrogens with zero attached hydrogens (tertiary/aromatic N) is 1. The topological polar surface area (TPSA) is 67.8 Å². The third-order valence-corrected chi connectivity index (χ3v) is 1.95. The van der Waals surface area contributed by atoms with Crippen LogP contribution in [0.4, 0.5) is 0 Å². The number of ether oxygens (including phenoxy) is 1. The van der Waals surface area contributed by atoms with Crippen molar-refractivity contribution in [3.05, 3.63) is 35.4 Å². The van der Waals surface area contributed by atoms with Crippen molar-refractivity contribution in [3.8, 4) is 0 Å². The van der Waals surface area contributed by atoms with E-state index in [1.165, 1.54) is 0 Å². The molecule has 0 saturated heterocycles. The summed E-state index contributed by atoms with van der Waals surface area (Å²) in [5, 5.41) is 11.5. The number of hydrogen-bond acceptors (Lipinski definition) is 3. The van der Waals surface area contributed by atoms with E-state index >= 15 is 0 Å². The van der Waals surface area contributed by atoms with E-state index < -0.39 is 0 Å². The molecule has 0 aliphatic rings. The second-order valence-electron chi connectivity index (χ2n) is 3.24. The van der Waals surface area contributed by atoms with Gasteiger partial charge in [-0.1, -0.05) is 30.3 Å². The fraction of sp³-hybridized carbons (Fsp3) is 0.364. The molecule has 0 unspecified atom stereocenters. The molecule has 1 rings (SSSR count). The van der Waals surface area contributed by atoms with Crippen LogP contribution >= 0.6 is 0 Å². The lowest BCUT2D eigenvalue weighted by atomic mass is 10.1. The number of oxime groups is 1. The van der Waals surface area contributed by atoms with E-state index in [9.17, 15) is 0 Å². The number of benzene rings is 1. The monoisotopic (exact) mass is 208 g/mol. The number of rotatable bonds is 5. The van der Waals surface area contributed by atoms with Crippen LogP contribution in [0.25, 0.3) is 0 Å². The van der Waals surface area contributed by atoms with Crippen molar-refractivity contribution in [3.63, 3.8) is 0 Å². The summed E-state index contributed by atoms with van der Waals surface area (Å²) in [5.41, 5.74) is 7.20. The summed E-state index contributed by atoms with van der Waals surface area (Å²) in [6.45, 7) is 3.36. The van der Waals surface area contributed by atoms with E-state index in [4.69, 9.17) is 15.7 Å². The summed E-state index contributed by atoms with van der Waals surface area (Å²) in [4.78, 5) is 0. The van der Waals surface area contributed by atoms with Crippen LogP contribution in [0.2, 0.25) is 0 Å². The lowest BCUT2D eigenvalue weighted by molar-refractivity contribution is 0.121. The molecule has 1 aromatic rings. The Labute approximate surface area is 89.4 Å². The molecule has 4 nitrogen and oxygen atoms in total. The third kappa shape index (κ3) is 3.59. The van der Waals surface area contributed by atoms with E-state index in [1.807, 2.05) is 18.2 Å². The fourth-order valence-electron chi connectivity index (χ4n) is 1.21. The van der Waals surface area contributed by atoms with Gasteiger partial charge in [0.15, 0.2) is 5.84 Å². The molecule has 4 heteroatoms. The largest absolute Gasteiger partial charge is 0.409 e. The Balaban J connectivity index is 2.66. The van der Waals surface area contributed by atoms with Crippen LogP contribution in [-0.4, -0.2) is 17.6 Å². The molecule has 0 aliphatic heterocycles. The van der Waals surface area contributed by atoms with Crippen molar-refractivity contribution >= 4 is 5.84 Å². The molecule has 15 heavy (non-hydrogen) atoms. The molecular formula is C11H16N2O2. The second kappa shape index (κ2) is 6.03. The molecule has 0 aliphatic carbocycles. The van der Waals surface area contributed by atoms with E-state index in [1.54, 1.807) is 6.07 Å². The van der Waals surface area contributed by atoms with Gasteiger partial charge in [-0.05, 0) is 18.1 Å². The van der Waals surface area contributed by atoms with Gasteiger partial charge in [-0.15, -0.1) is 0 Å². The van der Waals surface area contributed by atoms with Gasteiger partial charge in [-0.3, -0.25) is 0 Å². The zero-order valence-corrected chi connectivity index (χ0v) is 8.81. The molecule has 0 heterocycles. The Morgan fingerprint density at radius 1 is 1.53 bits per heavy atom. The first kappa shape index (κ1) is 11.5. The first-order valence-corrected chi connectivity index (χ1v) is 4.92. The highest BCUT2D eigenvalue weighted by atomic mass is 16.5. The minimum absolute atomic E-state index is 0.118. The van der Waals surface area contributed by atoms with Gasteiger partial charge < -0.3 is 15.7 Å². The highest BCUT2D eigenvalue weighted by molar-refractivity contribution is 5.97. The van der Waals surface area contributed by atoms with Gasteiger partial charge in [-0.25, -0.2) is 0 Å². The summed E-state index contributed by atoms with van der Waals surface area (Å²) in [5.74, 6) is 0.118. The van der Waals surface area contributed by atoms with Crippen LogP contribution in [0.15, 0.2) is 29.4 Å². The predicted molar refractivity (Wildman–Crippen MR) is 58.9 cm³/mol. The Hall–Kier alpha value is -1.55. The van der Waals surface area contributed by atoms with Crippen molar-refractivity contribution in [2.24, 2.45) is 10.9 Å². The highest BCUT2D eigenvalue weighted by Crippen LogP contribution is 2.06. The second-order valence-corrected chi connectivity index (χ2v) is 3.24. The van der Waals surface area contributed by atoms with Gasteiger partial charge in [0.05, 0.1) is 6.61 Å². The van der Waals surface area contributed by atoms with Crippen LogP contribution in [0.1, 0.15) is 24.5 Å². The van der Waals surface area contributed by atoms with Gasteiger partial charge in [0.1, 0.15) is 0 Å². The molecule has 0 radical (unpaired) electrons. The maximum atomic E-state index is 8.52. The predicted octanol–water partition coefficient (Wildman–Crippen LogP) is 1.71. The van der Waals surface area contributed by atoms with Crippen molar-refractivity contribution in [1.29, 1.82) is 0 Å². The van der Waals surface area contributed by atoms with Crippen molar-refractivity contribution in [2.75, 3.05) is 6.61 Å². The zero-order chi connectivity index (χ0) is 11.1. The molecule has 0 fully saturated rings. The molecule has 0 amide bonds. The molecule has 0 bridgehead atoms. The van der Waals surface area contributed by atoms with Crippen molar-refractivity contribution in [2.45, 2.75) is 20.0 Å². The lowest BCUT2D eigenvalue weighted by Crippen LogP contribution is -2.13. The van der Waals surface area contributed by atoms with Crippen molar-refractivity contribution in [1.82, 2.24) is 0 Å². The quantitative estimate of drug-likeness (QED) is 0.254.